The van der Waals surface area contributed by atoms with Crippen LogP contribution in [0.2, 0.25) is 5.02 Å². The first kappa shape index (κ1) is 21.5. The molecule has 36 heavy (non-hydrogen) atoms. The van der Waals surface area contributed by atoms with E-state index in [-0.39, 0.29) is 6.29 Å². The van der Waals surface area contributed by atoms with Gasteiger partial charge in [0.1, 0.15) is 29.2 Å². The van der Waals surface area contributed by atoms with E-state index in [4.69, 9.17) is 21.1 Å². The third kappa shape index (κ3) is 3.74. The van der Waals surface area contributed by atoms with E-state index in [9.17, 15) is 0 Å². The van der Waals surface area contributed by atoms with Crippen molar-refractivity contribution in [3.05, 3.63) is 59.8 Å². The van der Waals surface area contributed by atoms with E-state index in [0.717, 1.165) is 47.7 Å². The summed E-state index contributed by atoms with van der Waals surface area (Å²) >= 11 is 6.58. The Kier molecular flexibility index (Phi) is 5.05. The molecule has 182 valence electrons. The van der Waals surface area contributed by atoms with Crippen molar-refractivity contribution in [3.8, 4) is 11.5 Å². The van der Waals surface area contributed by atoms with Crippen LogP contribution in [0.25, 0.3) is 11.0 Å². The van der Waals surface area contributed by atoms with Gasteiger partial charge in [-0.15, -0.1) is 0 Å². The molecule has 2 fully saturated rings. The minimum Gasteiger partial charge on any atom is -0.456 e. The highest BCUT2D eigenvalue weighted by Gasteiger charge is 2.43. The molecule has 3 aliphatic heterocycles. The molecule has 0 aliphatic carbocycles. The topological polar surface area (TPSA) is 102 Å². The molecule has 2 bridgehead atoms. The second-order valence-electron chi connectivity index (χ2n) is 9.20. The highest BCUT2D eigenvalue weighted by Crippen LogP contribution is 2.36. The number of hydrogen-bond donors (Lipinski definition) is 2. The Hall–Kier alpha value is -3.73. The highest BCUT2D eigenvalue weighted by atomic mass is 35.5. The molecule has 7 rings (SSSR count). The molecule has 10 nitrogen and oxygen atoms in total. The molecular weight excluding hydrogens is 480 g/mol. The van der Waals surface area contributed by atoms with Gasteiger partial charge in [-0.1, -0.05) is 11.6 Å². The fraction of sp³-hybridized carbons (Fsp3) is 0.280. The van der Waals surface area contributed by atoms with Gasteiger partial charge in [0.05, 0.1) is 41.3 Å². The molecule has 0 amide bonds. The molecule has 11 heteroatoms. The molecule has 5 heterocycles. The zero-order valence-electron chi connectivity index (χ0n) is 19.4. The van der Waals surface area contributed by atoms with E-state index in [0.29, 0.717) is 34.5 Å². The van der Waals surface area contributed by atoms with Crippen molar-refractivity contribution in [1.29, 1.82) is 0 Å². The maximum Gasteiger partial charge on any atom is 0.176 e. The number of benzene rings is 2. The number of aryl methyl sites for hydroxylation is 1. The number of fused-ring (bicyclic) bond motifs is 4. The predicted octanol–water partition coefficient (Wildman–Crippen LogP) is 4.15. The van der Waals surface area contributed by atoms with Gasteiger partial charge in [0.2, 0.25) is 0 Å². The van der Waals surface area contributed by atoms with Crippen LogP contribution in [0.1, 0.15) is 12.1 Å². The number of anilines is 3. The zero-order valence-corrected chi connectivity index (χ0v) is 20.2. The Morgan fingerprint density at radius 1 is 1.17 bits per heavy atom. The summed E-state index contributed by atoms with van der Waals surface area (Å²) in [6.07, 6.45) is 6.29. The Balaban J connectivity index is 1.10. The highest BCUT2D eigenvalue weighted by molar-refractivity contribution is 6.32. The second kappa shape index (κ2) is 8.44. The summed E-state index contributed by atoms with van der Waals surface area (Å²) in [5.41, 5.74) is 4.22. The molecule has 0 radical (unpaired) electrons. The minimum absolute atomic E-state index is 0.168. The molecule has 2 aromatic carbocycles. The van der Waals surface area contributed by atoms with Crippen LogP contribution < -0.4 is 15.4 Å². The van der Waals surface area contributed by atoms with Crippen LogP contribution >= 0.6 is 11.6 Å². The lowest BCUT2D eigenvalue weighted by Crippen LogP contribution is -2.48. The predicted molar refractivity (Wildman–Crippen MR) is 137 cm³/mol. The van der Waals surface area contributed by atoms with Crippen molar-refractivity contribution in [1.82, 2.24) is 24.4 Å². The zero-order chi connectivity index (χ0) is 24.2. The van der Waals surface area contributed by atoms with Crippen molar-refractivity contribution < 1.29 is 9.47 Å². The van der Waals surface area contributed by atoms with Gasteiger partial charge in [0.25, 0.3) is 0 Å². The number of rotatable bonds is 5. The van der Waals surface area contributed by atoms with E-state index in [2.05, 4.69) is 35.5 Å². The van der Waals surface area contributed by atoms with Gasteiger partial charge < -0.3 is 24.7 Å². The van der Waals surface area contributed by atoms with Crippen molar-refractivity contribution in [2.75, 3.05) is 23.8 Å². The van der Waals surface area contributed by atoms with Crippen molar-refractivity contribution in [2.45, 2.75) is 24.9 Å². The van der Waals surface area contributed by atoms with Crippen molar-refractivity contribution >= 4 is 46.0 Å². The number of ether oxygens (including phenoxy) is 2. The molecule has 2 unspecified atom stereocenters. The van der Waals surface area contributed by atoms with E-state index in [1.807, 2.05) is 48.0 Å². The number of nitrogens with zero attached hydrogens (tertiary/aromatic N) is 6. The van der Waals surface area contributed by atoms with Crippen LogP contribution in [0.4, 0.5) is 17.2 Å². The van der Waals surface area contributed by atoms with E-state index >= 15 is 0 Å². The Morgan fingerprint density at radius 2 is 2.11 bits per heavy atom. The SMILES string of the molecule is Cn1cnc2cc(Oc3ccc(Nc4ncnc5c4NC(N4CC6C[C@@H]4CO6)N=C5)cc3Cl)ccc21. The summed E-state index contributed by atoms with van der Waals surface area (Å²) in [6, 6.07) is 11.7. The lowest BCUT2D eigenvalue weighted by Gasteiger charge is -2.35. The number of halogens is 1. The summed E-state index contributed by atoms with van der Waals surface area (Å²) < 4.78 is 13.7. The van der Waals surface area contributed by atoms with Gasteiger partial charge in [-0.05, 0) is 36.8 Å². The average Bonchev–Trinajstić information content (AvgIpc) is 3.62. The van der Waals surface area contributed by atoms with Gasteiger partial charge in [-0.3, -0.25) is 9.89 Å². The maximum absolute atomic E-state index is 6.58. The Bertz CT molecular complexity index is 1500. The second-order valence-corrected chi connectivity index (χ2v) is 9.61. The smallest absolute Gasteiger partial charge is 0.176 e. The summed E-state index contributed by atoms with van der Waals surface area (Å²) in [5, 5.41) is 7.35. The molecule has 2 saturated heterocycles. The number of aromatic nitrogens is 4. The first-order chi connectivity index (χ1) is 17.6. The first-order valence-corrected chi connectivity index (χ1v) is 12.2. The fourth-order valence-electron chi connectivity index (χ4n) is 5.04. The van der Waals surface area contributed by atoms with Crippen molar-refractivity contribution in [2.24, 2.45) is 12.0 Å². The molecule has 0 saturated carbocycles. The maximum atomic E-state index is 6.58. The standard InChI is InChI=1S/C25H23ClN8O2/c1-33-13-30-19-8-16(3-4-21(19)33)36-22-5-2-14(6-18(22)26)31-24-23-20(28-12-29-24)9-27-25(32-23)34-10-17-7-15(34)11-35-17/h2-6,8-9,12-13,15,17,25,32H,7,10-11H2,1H3,(H,28,29,31)/t15-,17?,25?/m1/s1. The number of hydrogen-bond acceptors (Lipinski definition) is 9. The number of likely N-dealkylation sites (tertiary alicyclic amines) is 1. The van der Waals surface area contributed by atoms with Crippen LogP contribution in [-0.2, 0) is 11.8 Å². The summed E-state index contributed by atoms with van der Waals surface area (Å²) in [6.45, 7) is 1.63. The summed E-state index contributed by atoms with van der Waals surface area (Å²) in [7, 11) is 1.96. The van der Waals surface area contributed by atoms with Gasteiger partial charge in [0.15, 0.2) is 12.1 Å². The first-order valence-electron chi connectivity index (χ1n) is 11.8. The van der Waals surface area contributed by atoms with Crippen molar-refractivity contribution in [3.63, 3.8) is 0 Å². The quantitative estimate of drug-likeness (QED) is 0.419. The average molecular weight is 503 g/mol. The monoisotopic (exact) mass is 502 g/mol. The van der Waals surface area contributed by atoms with E-state index < -0.39 is 0 Å². The van der Waals surface area contributed by atoms with E-state index in [1.54, 1.807) is 12.5 Å². The molecule has 3 aliphatic rings. The molecular formula is C25H23ClN8O2. The van der Waals surface area contributed by atoms with Gasteiger partial charge in [-0.25, -0.2) is 15.0 Å². The Labute approximate surface area is 211 Å². The van der Waals surface area contributed by atoms with Gasteiger partial charge in [0, 0.05) is 31.4 Å². The van der Waals surface area contributed by atoms with Gasteiger partial charge in [-0.2, -0.15) is 0 Å². The van der Waals surface area contributed by atoms with Crippen LogP contribution in [-0.4, -0.2) is 62.2 Å². The third-order valence-corrected chi connectivity index (χ3v) is 7.16. The minimum atomic E-state index is -0.168. The van der Waals surface area contributed by atoms with E-state index in [1.165, 1.54) is 6.33 Å². The number of morpholine rings is 1. The fourth-order valence-corrected chi connectivity index (χ4v) is 5.26. The number of imidazole rings is 1. The molecule has 0 spiro atoms. The van der Waals surface area contributed by atoms with Crippen LogP contribution in [0.5, 0.6) is 11.5 Å². The summed E-state index contributed by atoms with van der Waals surface area (Å²) in [5.74, 6) is 1.88. The normalized spacial score (nSPS) is 22.6. The molecule has 2 aromatic heterocycles. The third-order valence-electron chi connectivity index (χ3n) is 6.86. The largest absolute Gasteiger partial charge is 0.456 e. The van der Waals surface area contributed by atoms with Gasteiger partial charge >= 0.3 is 0 Å². The lowest BCUT2D eigenvalue weighted by molar-refractivity contribution is 0.0178. The van der Waals surface area contributed by atoms with Crippen LogP contribution in [0, 0.1) is 0 Å². The lowest BCUT2D eigenvalue weighted by atomic mass is 10.2. The molecule has 3 atom stereocenters. The van der Waals surface area contributed by atoms with Crippen LogP contribution in [0.15, 0.2) is 54.0 Å². The molecule has 2 N–H and O–H groups in total. The van der Waals surface area contributed by atoms with Crippen LogP contribution in [0.3, 0.4) is 0 Å². The number of aliphatic imine (C=N–C) groups is 1. The molecule has 4 aromatic rings. The summed E-state index contributed by atoms with van der Waals surface area (Å²) in [4.78, 5) is 20.3. The number of nitrogens with one attached hydrogen (secondary N) is 2. The Morgan fingerprint density at radius 3 is 2.94 bits per heavy atom.